The van der Waals surface area contributed by atoms with Gasteiger partial charge >= 0.3 is 0 Å². The number of nitrogen functional groups attached to an aromatic ring is 1. The Bertz CT molecular complexity index is 765. The molecule has 2 aromatic carbocycles. The first kappa shape index (κ1) is 12.9. The molecule has 100 valence electrons. The van der Waals surface area contributed by atoms with Gasteiger partial charge in [-0.25, -0.2) is 0 Å². The largest absolute Gasteiger partial charge is 0.367 e. The predicted octanol–water partition coefficient (Wildman–Crippen LogP) is 4.66. The summed E-state index contributed by atoms with van der Waals surface area (Å²) in [6, 6.07) is 16.1. The molecule has 0 saturated heterocycles. The molecule has 0 fully saturated rings. The quantitative estimate of drug-likeness (QED) is 0.744. The van der Waals surface area contributed by atoms with E-state index in [9.17, 15) is 0 Å². The van der Waals surface area contributed by atoms with Gasteiger partial charge in [0.1, 0.15) is 5.69 Å². The smallest absolute Gasteiger partial charge is 0.230 e. The molecule has 0 amide bonds. The van der Waals surface area contributed by atoms with Crippen LogP contribution < -0.4 is 5.73 Å². The van der Waals surface area contributed by atoms with Gasteiger partial charge in [0.15, 0.2) is 0 Å². The summed E-state index contributed by atoms with van der Waals surface area (Å²) in [6.45, 7) is 2.05. The van der Waals surface area contributed by atoms with Crippen molar-refractivity contribution < 1.29 is 4.52 Å². The van der Waals surface area contributed by atoms with E-state index in [1.165, 1.54) is 5.56 Å². The lowest BCUT2D eigenvalue weighted by molar-refractivity contribution is 0.439. The molecule has 0 aliphatic rings. The molecule has 3 aromatic rings. The van der Waals surface area contributed by atoms with Crippen LogP contribution in [0.2, 0.25) is 0 Å². The fourth-order valence-corrected chi connectivity index (χ4v) is 2.61. The van der Waals surface area contributed by atoms with Crippen molar-refractivity contribution in [3.05, 3.63) is 58.6 Å². The van der Waals surface area contributed by atoms with E-state index >= 15 is 0 Å². The molecule has 3 nitrogen and oxygen atoms in total. The van der Waals surface area contributed by atoms with E-state index in [1.54, 1.807) is 0 Å². The van der Waals surface area contributed by atoms with Crippen LogP contribution in [0.1, 0.15) is 5.56 Å². The summed E-state index contributed by atoms with van der Waals surface area (Å²) in [6.07, 6.45) is 0. The molecule has 1 heterocycles. The molecule has 0 radical (unpaired) electrons. The van der Waals surface area contributed by atoms with E-state index < -0.39 is 0 Å². The zero-order valence-corrected chi connectivity index (χ0v) is 12.5. The zero-order chi connectivity index (χ0) is 14.1. The maximum atomic E-state index is 5.95. The highest BCUT2D eigenvalue weighted by molar-refractivity contribution is 9.10. The second-order valence-electron chi connectivity index (χ2n) is 4.65. The lowest BCUT2D eigenvalue weighted by atomic mass is 10.00. The van der Waals surface area contributed by atoms with Crippen molar-refractivity contribution in [1.29, 1.82) is 0 Å². The first-order valence-corrected chi connectivity index (χ1v) is 7.02. The molecule has 2 N–H and O–H groups in total. The van der Waals surface area contributed by atoms with Crippen molar-refractivity contribution in [2.75, 3.05) is 5.73 Å². The van der Waals surface area contributed by atoms with Crippen molar-refractivity contribution >= 4 is 21.8 Å². The predicted molar refractivity (Wildman–Crippen MR) is 84.2 cm³/mol. The van der Waals surface area contributed by atoms with Crippen LogP contribution in [0, 0.1) is 6.92 Å². The number of hydrogen-bond donors (Lipinski definition) is 1. The molecular formula is C16H13BrN2O. The number of hydrogen-bond acceptors (Lipinski definition) is 3. The Balaban J connectivity index is 2.20. The van der Waals surface area contributed by atoms with Crippen LogP contribution in [0.5, 0.6) is 0 Å². The van der Waals surface area contributed by atoms with Crippen LogP contribution in [-0.4, -0.2) is 5.16 Å². The van der Waals surface area contributed by atoms with Crippen LogP contribution >= 0.6 is 15.9 Å². The fourth-order valence-electron chi connectivity index (χ4n) is 2.22. The highest BCUT2D eigenvalue weighted by Gasteiger charge is 2.17. The summed E-state index contributed by atoms with van der Waals surface area (Å²) in [5.74, 6) is 0.333. The Hall–Kier alpha value is -2.07. The average molecular weight is 329 g/mol. The van der Waals surface area contributed by atoms with E-state index in [1.807, 2.05) is 49.4 Å². The van der Waals surface area contributed by atoms with E-state index in [2.05, 4.69) is 27.2 Å². The van der Waals surface area contributed by atoms with Gasteiger partial charge in [-0.3, -0.25) is 0 Å². The van der Waals surface area contributed by atoms with Crippen molar-refractivity contribution in [3.63, 3.8) is 0 Å². The van der Waals surface area contributed by atoms with Crippen molar-refractivity contribution in [2.45, 2.75) is 6.92 Å². The van der Waals surface area contributed by atoms with E-state index in [4.69, 9.17) is 10.3 Å². The summed E-state index contributed by atoms with van der Waals surface area (Å²) in [7, 11) is 0. The van der Waals surface area contributed by atoms with Gasteiger partial charge in [-0.1, -0.05) is 57.0 Å². The maximum Gasteiger partial charge on any atom is 0.230 e. The third kappa shape index (κ3) is 2.34. The molecule has 4 heteroatoms. The minimum absolute atomic E-state index is 0.333. The van der Waals surface area contributed by atoms with Crippen LogP contribution in [0.3, 0.4) is 0 Å². The number of benzene rings is 2. The van der Waals surface area contributed by atoms with Gasteiger partial charge in [-0.2, -0.15) is 0 Å². The Morgan fingerprint density at radius 2 is 1.80 bits per heavy atom. The second-order valence-corrected chi connectivity index (χ2v) is 5.57. The molecule has 3 rings (SSSR count). The Morgan fingerprint density at radius 1 is 1.05 bits per heavy atom. The molecule has 1 aromatic heterocycles. The first-order valence-electron chi connectivity index (χ1n) is 6.23. The molecule has 0 atom stereocenters. The number of halogens is 1. The Kier molecular flexibility index (Phi) is 3.32. The SMILES string of the molecule is Cc1cccc(-c2noc(N)c2-c2cccc(Br)c2)c1. The van der Waals surface area contributed by atoms with Crippen LogP contribution in [0.25, 0.3) is 22.4 Å². The van der Waals surface area contributed by atoms with E-state index in [0.717, 1.165) is 26.9 Å². The Labute approximate surface area is 125 Å². The van der Waals surface area contributed by atoms with Crippen molar-refractivity contribution in [3.8, 4) is 22.4 Å². The number of nitrogens with zero attached hydrogens (tertiary/aromatic N) is 1. The van der Waals surface area contributed by atoms with Gasteiger partial charge in [0.2, 0.25) is 5.88 Å². The molecule has 0 spiro atoms. The molecule has 0 aliphatic heterocycles. The average Bonchev–Trinajstić information content (AvgIpc) is 2.80. The maximum absolute atomic E-state index is 5.95. The highest BCUT2D eigenvalue weighted by atomic mass is 79.9. The molecular weight excluding hydrogens is 316 g/mol. The van der Waals surface area contributed by atoms with Crippen LogP contribution in [-0.2, 0) is 0 Å². The monoisotopic (exact) mass is 328 g/mol. The summed E-state index contributed by atoms with van der Waals surface area (Å²) >= 11 is 3.47. The lowest BCUT2D eigenvalue weighted by Crippen LogP contribution is -1.88. The summed E-state index contributed by atoms with van der Waals surface area (Å²) in [4.78, 5) is 0. The normalized spacial score (nSPS) is 10.7. The third-order valence-electron chi connectivity index (χ3n) is 3.12. The van der Waals surface area contributed by atoms with E-state index in [0.29, 0.717) is 5.88 Å². The first-order chi connectivity index (χ1) is 9.65. The second kappa shape index (κ2) is 5.13. The number of rotatable bonds is 2. The number of anilines is 1. The molecule has 0 aliphatic carbocycles. The molecule has 20 heavy (non-hydrogen) atoms. The summed E-state index contributed by atoms with van der Waals surface area (Å²) < 4.78 is 6.19. The fraction of sp³-hybridized carbons (Fsp3) is 0.0625. The van der Waals surface area contributed by atoms with Crippen molar-refractivity contribution in [1.82, 2.24) is 5.16 Å². The van der Waals surface area contributed by atoms with Crippen LogP contribution in [0.15, 0.2) is 57.5 Å². The Morgan fingerprint density at radius 3 is 2.55 bits per heavy atom. The van der Waals surface area contributed by atoms with Gasteiger partial charge in [0, 0.05) is 10.0 Å². The number of nitrogens with two attached hydrogens (primary N) is 1. The molecule has 0 bridgehead atoms. The van der Waals surface area contributed by atoms with Gasteiger partial charge in [-0.15, -0.1) is 0 Å². The molecule has 0 saturated carbocycles. The van der Waals surface area contributed by atoms with Gasteiger partial charge in [-0.05, 0) is 30.7 Å². The minimum Gasteiger partial charge on any atom is -0.367 e. The minimum atomic E-state index is 0.333. The summed E-state index contributed by atoms with van der Waals surface area (Å²) in [5, 5.41) is 4.12. The van der Waals surface area contributed by atoms with Crippen molar-refractivity contribution in [2.24, 2.45) is 0 Å². The number of aryl methyl sites for hydroxylation is 1. The van der Waals surface area contributed by atoms with E-state index in [-0.39, 0.29) is 0 Å². The zero-order valence-electron chi connectivity index (χ0n) is 10.9. The highest BCUT2D eigenvalue weighted by Crippen LogP contribution is 2.37. The third-order valence-corrected chi connectivity index (χ3v) is 3.62. The standard InChI is InChI=1S/C16H13BrN2O/c1-10-4-2-6-12(8-10)15-14(16(18)20-19-15)11-5-3-7-13(17)9-11/h2-9H,18H2,1H3. The summed E-state index contributed by atoms with van der Waals surface area (Å²) in [5.41, 5.74) is 10.7. The number of aromatic nitrogens is 1. The van der Waals surface area contributed by atoms with Gasteiger partial charge < -0.3 is 10.3 Å². The van der Waals surface area contributed by atoms with Gasteiger partial charge in [0.25, 0.3) is 0 Å². The lowest BCUT2D eigenvalue weighted by Gasteiger charge is -2.04. The van der Waals surface area contributed by atoms with Gasteiger partial charge in [0.05, 0.1) is 5.56 Å². The molecule has 0 unspecified atom stereocenters. The van der Waals surface area contributed by atoms with Crippen LogP contribution in [0.4, 0.5) is 5.88 Å². The topological polar surface area (TPSA) is 52.0 Å².